The summed E-state index contributed by atoms with van der Waals surface area (Å²) in [5, 5.41) is 6.07. The summed E-state index contributed by atoms with van der Waals surface area (Å²) in [6.07, 6.45) is 2.33. The molecule has 5 rings (SSSR count). The Hall–Kier alpha value is -3.57. The van der Waals surface area contributed by atoms with Crippen molar-refractivity contribution in [1.29, 1.82) is 0 Å². The topological polar surface area (TPSA) is 112 Å². The molecule has 0 radical (unpaired) electrons. The van der Waals surface area contributed by atoms with Crippen LogP contribution in [0.2, 0.25) is 0 Å². The van der Waals surface area contributed by atoms with E-state index in [4.69, 9.17) is 4.74 Å². The molecule has 0 aliphatic carbocycles. The summed E-state index contributed by atoms with van der Waals surface area (Å²) in [4.78, 5) is 49.0. The van der Waals surface area contributed by atoms with Crippen LogP contribution in [0.4, 0.5) is 10.1 Å². The molecule has 2 aromatic carbocycles. The normalized spacial score (nSPS) is 19.9. The molecule has 1 fully saturated rings. The van der Waals surface area contributed by atoms with Crippen molar-refractivity contribution in [2.24, 2.45) is 9.98 Å². The number of fused-ring (bicyclic) bond motifs is 3. The molecule has 2 N–H and O–H groups in total. The summed E-state index contributed by atoms with van der Waals surface area (Å²) >= 11 is 1.18. The third-order valence-corrected chi connectivity index (χ3v) is 7.42. The molecule has 1 saturated heterocycles. The number of amidine groups is 2. The van der Waals surface area contributed by atoms with E-state index in [0.29, 0.717) is 23.2 Å². The maximum absolute atomic E-state index is 13.4. The highest BCUT2D eigenvalue weighted by Crippen LogP contribution is 2.34. The van der Waals surface area contributed by atoms with Crippen LogP contribution in [-0.2, 0) is 25.7 Å². The SMILES string of the molecule is O=C(CC[C@H]1N=C2c3ccccc3N=C(SCC(=O)NC[C@@H]3CCCO3)N2C1=O)NCc1ccc(F)cc1. The molecule has 9 nitrogen and oxygen atoms in total. The molecular weight excluding hydrogens is 509 g/mol. The van der Waals surface area contributed by atoms with Gasteiger partial charge in [-0.15, -0.1) is 0 Å². The van der Waals surface area contributed by atoms with Gasteiger partial charge in [-0.25, -0.2) is 14.3 Å². The lowest BCUT2D eigenvalue weighted by molar-refractivity contribution is -0.125. The van der Waals surface area contributed by atoms with Gasteiger partial charge in [0.15, 0.2) is 5.17 Å². The van der Waals surface area contributed by atoms with Crippen LogP contribution >= 0.6 is 11.8 Å². The van der Waals surface area contributed by atoms with Crippen LogP contribution in [0, 0.1) is 5.82 Å². The number of hydrogen-bond acceptors (Lipinski definition) is 7. The highest BCUT2D eigenvalue weighted by atomic mass is 32.2. The summed E-state index contributed by atoms with van der Waals surface area (Å²) in [6.45, 7) is 1.46. The van der Waals surface area contributed by atoms with E-state index in [1.54, 1.807) is 12.1 Å². The molecule has 38 heavy (non-hydrogen) atoms. The molecule has 0 aromatic heterocycles. The second-order valence-corrected chi connectivity index (χ2v) is 10.2. The zero-order valence-electron chi connectivity index (χ0n) is 20.7. The van der Waals surface area contributed by atoms with E-state index < -0.39 is 6.04 Å². The van der Waals surface area contributed by atoms with Gasteiger partial charge in [-0.05, 0) is 49.1 Å². The maximum Gasteiger partial charge on any atom is 0.259 e. The first-order valence-corrected chi connectivity index (χ1v) is 13.6. The lowest BCUT2D eigenvalue weighted by atomic mass is 10.1. The predicted molar refractivity (Wildman–Crippen MR) is 143 cm³/mol. The highest BCUT2D eigenvalue weighted by Gasteiger charge is 2.41. The largest absolute Gasteiger partial charge is 0.376 e. The summed E-state index contributed by atoms with van der Waals surface area (Å²) in [7, 11) is 0. The van der Waals surface area contributed by atoms with Crippen LogP contribution in [0.5, 0.6) is 0 Å². The Balaban J connectivity index is 1.20. The van der Waals surface area contributed by atoms with Gasteiger partial charge < -0.3 is 15.4 Å². The average Bonchev–Trinajstić information content (AvgIpc) is 3.57. The Kier molecular flexibility index (Phi) is 8.14. The van der Waals surface area contributed by atoms with Crippen LogP contribution in [0.15, 0.2) is 58.5 Å². The number of rotatable bonds is 9. The fourth-order valence-corrected chi connectivity index (χ4v) is 5.29. The first kappa shape index (κ1) is 26.1. The van der Waals surface area contributed by atoms with Gasteiger partial charge >= 0.3 is 0 Å². The average molecular weight is 538 g/mol. The number of thioether (sulfide) groups is 1. The number of carbonyl (C=O) groups is 3. The second-order valence-electron chi connectivity index (χ2n) is 9.22. The quantitative estimate of drug-likeness (QED) is 0.511. The standard InChI is InChI=1S/C27H28FN5O4S/c28-18-9-7-17(8-10-18)14-29-23(34)12-11-22-26(36)33-25(31-22)20-5-1-2-6-21(20)32-27(33)38-16-24(35)30-15-19-4-3-13-37-19/h1-2,5-10,19,22H,3-4,11-16H2,(H,29,34)(H,30,35)/t19-,22+/m0/s1. The summed E-state index contributed by atoms with van der Waals surface area (Å²) < 4.78 is 18.6. The van der Waals surface area contributed by atoms with E-state index in [1.807, 2.05) is 24.3 Å². The van der Waals surface area contributed by atoms with Crippen LogP contribution in [0.3, 0.4) is 0 Å². The van der Waals surface area contributed by atoms with Gasteiger partial charge in [0.2, 0.25) is 11.8 Å². The summed E-state index contributed by atoms with van der Waals surface area (Å²) in [5.74, 6) is -0.407. The number of nitrogens with one attached hydrogen (secondary N) is 2. The van der Waals surface area contributed by atoms with E-state index in [1.165, 1.54) is 28.8 Å². The number of nitrogens with zero attached hydrogens (tertiary/aromatic N) is 3. The van der Waals surface area contributed by atoms with Crippen molar-refractivity contribution in [3.8, 4) is 0 Å². The fraction of sp³-hybridized carbons (Fsp3) is 0.370. The number of hydrogen-bond donors (Lipinski definition) is 2. The maximum atomic E-state index is 13.4. The number of aliphatic imine (C=N–C) groups is 2. The summed E-state index contributed by atoms with van der Waals surface area (Å²) in [5.41, 5.74) is 2.19. The zero-order valence-corrected chi connectivity index (χ0v) is 21.5. The third kappa shape index (κ3) is 6.11. The minimum atomic E-state index is -0.730. The lowest BCUT2D eigenvalue weighted by Crippen LogP contribution is -2.42. The molecule has 198 valence electrons. The monoisotopic (exact) mass is 537 g/mol. The minimum Gasteiger partial charge on any atom is -0.376 e. The van der Waals surface area contributed by atoms with Crippen molar-refractivity contribution in [1.82, 2.24) is 15.5 Å². The van der Waals surface area contributed by atoms with Crippen LogP contribution in [-0.4, -0.2) is 64.7 Å². The number of benzene rings is 2. The Bertz CT molecular complexity index is 1280. The lowest BCUT2D eigenvalue weighted by Gasteiger charge is -2.25. The van der Waals surface area contributed by atoms with Gasteiger partial charge in [-0.2, -0.15) is 0 Å². The van der Waals surface area contributed by atoms with Crippen LogP contribution in [0.1, 0.15) is 36.8 Å². The number of halogens is 1. The van der Waals surface area contributed by atoms with E-state index in [-0.39, 0.29) is 54.8 Å². The molecule has 11 heteroatoms. The molecule has 3 aliphatic heterocycles. The van der Waals surface area contributed by atoms with Crippen LogP contribution in [0.25, 0.3) is 0 Å². The molecular formula is C27H28FN5O4S. The van der Waals surface area contributed by atoms with Crippen molar-refractivity contribution in [2.45, 2.75) is 44.4 Å². The Labute approximate surface area is 223 Å². The molecule has 0 spiro atoms. The molecule has 0 bridgehead atoms. The van der Waals surface area contributed by atoms with E-state index in [9.17, 15) is 18.8 Å². The van der Waals surface area contributed by atoms with Crippen molar-refractivity contribution in [2.75, 3.05) is 18.9 Å². The Morgan fingerprint density at radius 3 is 2.71 bits per heavy atom. The molecule has 2 aromatic rings. The van der Waals surface area contributed by atoms with Gasteiger partial charge in [0.25, 0.3) is 5.91 Å². The van der Waals surface area contributed by atoms with Gasteiger partial charge in [-0.1, -0.05) is 36.0 Å². The number of para-hydroxylation sites is 1. The molecule has 3 aliphatic rings. The van der Waals surface area contributed by atoms with E-state index in [2.05, 4.69) is 20.6 Å². The predicted octanol–water partition coefficient (Wildman–Crippen LogP) is 2.91. The third-order valence-electron chi connectivity index (χ3n) is 6.48. The van der Waals surface area contributed by atoms with E-state index in [0.717, 1.165) is 30.6 Å². The van der Waals surface area contributed by atoms with Crippen molar-refractivity contribution < 1.29 is 23.5 Å². The van der Waals surface area contributed by atoms with Crippen molar-refractivity contribution in [3.05, 3.63) is 65.5 Å². The number of amides is 3. The van der Waals surface area contributed by atoms with Gasteiger partial charge in [0, 0.05) is 31.7 Å². The number of carbonyl (C=O) groups excluding carboxylic acids is 3. The Morgan fingerprint density at radius 2 is 1.92 bits per heavy atom. The second kappa shape index (κ2) is 11.9. The van der Waals surface area contributed by atoms with E-state index >= 15 is 0 Å². The van der Waals surface area contributed by atoms with Crippen molar-refractivity contribution in [3.63, 3.8) is 0 Å². The first-order valence-electron chi connectivity index (χ1n) is 12.6. The first-order chi connectivity index (χ1) is 18.5. The van der Waals surface area contributed by atoms with Gasteiger partial charge in [0.1, 0.15) is 17.7 Å². The molecule has 3 amide bonds. The molecule has 0 unspecified atom stereocenters. The van der Waals surface area contributed by atoms with Crippen molar-refractivity contribution >= 4 is 46.2 Å². The zero-order chi connectivity index (χ0) is 26.5. The van der Waals surface area contributed by atoms with Crippen LogP contribution < -0.4 is 10.6 Å². The van der Waals surface area contributed by atoms with Gasteiger partial charge in [-0.3, -0.25) is 19.4 Å². The fourth-order valence-electron chi connectivity index (χ4n) is 4.46. The Morgan fingerprint density at radius 1 is 1.11 bits per heavy atom. The molecule has 0 saturated carbocycles. The minimum absolute atomic E-state index is 0.0513. The molecule has 3 heterocycles. The summed E-state index contributed by atoms with van der Waals surface area (Å²) in [6, 6.07) is 12.6. The number of ether oxygens (including phenoxy) is 1. The highest BCUT2D eigenvalue weighted by molar-refractivity contribution is 8.14. The van der Waals surface area contributed by atoms with Gasteiger partial charge in [0.05, 0.1) is 17.5 Å². The molecule has 2 atom stereocenters. The smallest absolute Gasteiger partial charge is 0.259 e.